The second-order valence-electron chi connectivity index (χ2n) is 6.43. The lowest BCUT2D eigenvalue weighted by molar-refractivity contribution is 0.474. The number of nitrogens with zero attached hydrogens (tertiary/aromatic N) is 3. The number of rotatable bonds is 5. The Hall–Kier alpha value is -2.82. The highest BCUT2D eigenvalue weighted by Crippen LogP contribution is 2.17. The number of hydrogen-bond donors (Lipinski definition) is 1. The molecule has 0 amide bonds. The van der Waals surface area contributed by atoms with E-state index >= 15 is 0 Å². The molecule has 1 aliphatic heterocycles. The van der Waals surface area contributed by atoms with Gasteiger partial charge in [0.05, 0.1) is 0 Å². The molecule has 0 aromatic heterocycles. The van der Waals surface area contributed by atoms with Crippen molar-refractivity contribution in [2.24, 2.45) is 4.99 Å². The van der Waals surface area contributed by atoms with Gasteiger partial charge in [-0.3, -0.25) is 4.99 Å². The quantitative estimate of drug-likeness (QED) is 0.508. The third-order valence-electron chi connectivity index (χ3n) is 4.45. The first-order valence-electron chi connectivity index (χ1n) is 8.81. The van der Waals surface area contributed by atoms with Crippen molar-refractivity contribution >= 4 is 11.6 Å². The molecule has 2 aromatic carbocycles. The third-order valence-corrected chi connectivity index (χ3v) is 4.45. The van der Waals surface area contributed by atoms with Crippen molar-refractivity contribution in [3.8, 4) is 0 Å². The van der Waals surface area contributed by atoms with Gasteiger partial charge in [-0.25, -0.2) is 4.39 Å². The number of benzene rings is 2. The molecule has 0 saturated heterocycles. The Morgan fingerprint density at radius 3 is 2.50 bits per heavy atom. The first kappa shape index (κ1) is 18.0. The number of aliphatic imine (C=N–C) groups is 1. The second-order valence-corrected chi connectivity index (χ2v) is 6.43. The average molecular weight is 352 g/mol. The predicted octanol–water partition coefficient (Wildman–Crippen LogP) is 3.41. The first-order chi connectivity index (χ1) is 12.7. The number of anilines is 1. The molecule has 5 heteroatoms. The van der Waals surface area contributed by atoms with Gasteiger partial charge in [-0.15, -0.1) is 0 Å². The molecule has 26 heavy (non-hydrogen) atoms. The first-order valence-corrected chi connectivity index (χ1v) is 8.81. The van der Waals surface area contributed by atoms with Crippen LogP contribution in [0, 0.1) is 5.82 Å². The molecule has 136 valence electrons. The maximum absolute atomic E-state index is 13.3. The van der Waals surface area contributed by atoms with Crippen molar-refractivity contribution < 1.29 is 4.39 Å². The number of guanidine groups is 1. The molecule has 0 bridgehead atoms. The molecule has 1 N–H and O–H groups in total. The summed E-state index contributed by atoms with van der Waals surface area (Å²) in [6.45, 7) is 3.25. The van der Waals surface area contributed by atoms with E-state index in [1.165, 1.54) is 17.3 Å². The summed E-state index contributed by atoms with van der Waals surface area (Å²) in [7, 11) is 3.71. The van der Waals surface area contributed by atoms with Gasteiger partial charge in [0, 0.05) is 46.0 Å². The van der Waals surface area contributed by atoms with E-state index in [9.17, 15) is 4.39 Å². The molecular formula is C21H25FN4. The Morgan fingerprint density at radius 2 is 1.85 bits per heavy atom. The molecule has 0 spiro atoms. The van der Waals surface area contributed by atoms with Crippen LogP contribution in [0.2, 0.25) is 0 Å². The minimum Gasteiger partial charge on any atom is -0.364 e. The Bertz CT molecular complexity index is 775. The third kappa shape index (κ3) is 4.63. The molecule has 0 aliphatic carbocycles. The number of nitrogens with one attached hydrogen (secondary N) is 1. The molecule has 1 heterocycles. The van der Waals surface area contributed by atoms with Crippen molar-refractivity contribution in [2.45, 2.75) is 13.1 Å². The largest absolute Gasteiger partial charge is 0.364 e. The van der Waals surface area contributed by atoms with Crippen LogP contribution in [-0.2, 0) is 13.1 Å². The standard InChI is InChI=1S/C21H25FN4/c1-23-21(25(2)16-18-6-5-7-19(22)14-18)24-15-17-8-10-20(11-9-17)26-12-3-4-13-26/h3-11,14H,12-13,15-16H2,1-2H3,(H,23,24). The lowest BCUT2D eigenvalue weighted by atomic mass is 10.2. The fourth-order valence-corrected chi connectivity index (χ4v) is 3.06. The Morgan fingerprint density at radius 1 is 1.12 bits per heavy atom. The monoisotopic (exact) mass is 352 g/mol. The molecule has 4 nitrogen and oxygen atoms in total. The van der Waals surface area contributed by atoms with Crippen LogP contribution in [0.25, 0.3) is 0 Å². The van der Waals surface area contributed by atoms with Crippen LogP contribution in [-0.4, -0.2) is 38.0 Å². The zero-order chi connectivity index (χ0) is 18.4. The molecule has 0 fully saturated rings. The van der Waals surface area contributed by atoms with Crippen LogP contribution < -0.4 is 10.2 Å². The summed E-state index contributed by atoms with van der Waals surface area (Å²) in [6.07, 6.45) is 4.38. The van der Waals surface area contributed by atoms with Gasteiger partial charge in [0.15, 0.2) is 5.96 Å². The number of hydrogen-bond acceptors (Lipinski definition) is 2. The van der Waals surface area contributed by atoms with E-state index in [2.05, 4.69) is 51.6 Å². The van der Waals surface area contributed by atoms with Gasteiger partial charge >= 0.3 is 0 Å². The summed E-state index contributed by atoms with van der Waals surface area (Å²) in [4.78, 5) is 8.63. The van der Waals surface area contributed by atoms with E-state index in [-0.39, 0.29) is 5.82 Å². The molecule has 0 saturated carbocycles. The van der Waals surface area contributed by atoms with E-state index in [4.69, 9.17) is 0 Å². The van der Waals surface area contributed by atoms with Crippen LogP contribution in [0.1, 0.15) is 11.1 Å². The molecule has 0 radical (unpaired) electrons. The van der Waals surface area contributed by atoms with E-state index in [0.29, 0.717) is 13.1 Å². The van der Waals surface area contributed by atoms with Gasteiger partial charge in [0.1, 0.15) is 5.82 Å². The average Bonchev–Trinajstić information content (AvgIpc) is 3.17. The van der Waals surface area contributed by atoms with Crippen LogP contribution >= 0.6 is 0 Å². The Balaban J connectivity index is 1.54. The maximum atomic E-state index is 13.3. The molecule has 0 atom stereocenters. The summed E-state index contributed by atoms with van der Waals surface area (Å²) >= 11 is 0. The summed E-state index contributed by atoms with van der Waals surface area (Å²) in [5.41, 5.74) is 3.35. The summed E-state index contributed by atoms with van der Waals surface area (Å²) in [5.74, 6) is 0.564. The highest BCUT2D eigenvalue weighted by Gasteiger charge is 2.09. The number of halogens is 1. The van der Waals surface area contributed by atoms with Crippen molar-refractivity contribution in [1.82, 2.24) is 10.2 Å². The maximum Gasteiger partial charge on any atom is 0.193 e. The van der Waals surface area contributed by atoms with Gasteiger partial charge in [-0.2, -0.15) is 0 Å². The minimum absolute atomic E-state index is 0.216. The van der Waals surface area contributed by atoms with Crippen LogP contribution in [0.4, 0.5) is 10.1 Å². The molecule has 1 aliphatic rings. The Kier molecular flexibility index (Phi) is 5.89. The summed E-state index contributed by atoms with van der Waals surface area (Å²) < 4.78 is 13.3. The van der Waals surface area contributed by atoms with Crippen molar-refractivity contribution in [3.05, 3.63) is 77.6 Å². The van der Waals surface area contributed by atoms with Crippen LogP contribution in [0.3, 0.4) is 0 Å². The second kappa shape index (κ2) is 8.52. The van der Waals surface area contributed by atoms with E-state index < -0.39 is 0 Å². The molecule has 2 aromatic rings. The van der Waals surface area contributed by atoms with Crippen LogP contribution in [0.15, 0.2) is 65.7 Å². The van der Waals surface area contributed by atoms with Crippen molar-refractivity contribution in [1.29, 1.82) is 0 Å². The summed E-state index contributed by atoms with van der Waals surface area (Å²) in [6, 6.07) is 15.2. The smallest absolute Gasteiger partial charge is 0.193 e. The van der Waals surface area contributed by atoms with Gasteiger partial charge in [-0.1, -0.05) is 36.4 Å². The fourth-order valence-electron chi connectivity index (χ4n) is 3.06. The molecule has 0 unspecified atom stereocenters. The van der Waals surface area contributed by atoms with Gasteiger partial charge < -0.3 is 15.1 Å². The highest BCUT2D eigenvalue weighted by molar-refractivity contribution is 5.79. The lowest BCUT2D eigenvalue weighted by Crippen LogP contribution is -2.38. The minimum atomic E-state index is -0.216. The summed E-state index contributed by atoms with van der Waals surface area (Å²) in [5, 5.41) is 3.37. The predicted molar refractivity (Wildman–Crippen MR) is 106 cm³/mol. The van der Waals surface area contributed by atoms with E-state index in [1.807, 2.05) is 18.0 Å². The SMILES string of the molecule is CN=C(NCc1ccc(N2CC=CC2)cc1)N(C)Cc1cccc(F)c1. The van der Waals surface area contributed by atoms with Crippen LogP contribution in [0.5, 0.6) is 0 Å². The van der Waals surface area contributed by atoms with E-state index in [0.717, 1.165) is 24.6 Å². The molecular weight excluding hydrogens is 327 g/mol. The van der Waals surface area contributed by atoms with Gasteiger partial charge in [0.2, 0.25) is 0 Å². The zero-order valence-corrected chi connectivity index (χ0v) is 15.3. The normalized spacial score (nSPS) is 14.0. The lowest BCUT2D eigenvalue weighted by Gasteiger charge is -2.22. The van der Waals surface area contributed by atoms with Crippen molar-refractivity contribution in [3.63, 3.8) is 0 Å². The van der Waals surface area contributed by atoms with Crippen molar-refractivity contribution in [2.75, 3.05) is 32.1 Å². The molecule has 3 rings (SSSR count). The van der Waals surface area contributed by atoms with E-state index in [1.54, 1.807) is 19.2 Å². The Labute approximate surface area is 154 Å². The topological polar surface area (TPSA) is 30.9 Å². The van der Waals surface area contributed by atoms with Gasteiger partial charge in [-0.05, 0) is 35.4 Å². The highest BCUT2D eigenvalue weighted by atomic mass is 19.1. The zero-order valence-electron chi connectivity index (χ0n) is 15.3. The fraction of sp³-hybridized carbons (Fsp3) is 0.286. The van der Waals surface area contributed by atoms with Gasteiger partial charge in [0.25, 0.3) is 0 Å².